The van der Waals surface area contributed by atoms with E-state index in [1.165, 1.54) is 5.56 Å². The Labute approximate surface area is 134 Å². The second-order valence-electron chi connectivity index (χ2n) is 4.59. The largest absolute Gasteiger partial charge is 0.490 e. The van der Waals surface area contributed by atoms with E-state index in [0.29, 0.717) is 13.2 Å². The molecule has 1 N–H and O–H groups in total. The number of para-hydroxylation sites is 2. The van der Waals surface area contributed by atoms with E-state index in [2.05, 4.69) is 34.2 Å². The van der Waals surface area contributed by atoms with Crippen LogP contribution in [0, 0.1) is 6.92 Å². The van der Waals surface area contributed by atoms with Gasteiger partial charge in [0.25, 0.3) is 0 Å². The monoisotopic (exact) mass is 349 g/mol. The van der Waals surface area contributed by atoms with E-state index < -0.39 is 0 Å². The Bertz CT molecular complexity index is 587. The third-order valence-corrected chi connectivity index (χ3v) is 4.07. The zero-order valence-corrected chi connectivity index (χ0v) is 13.9. The summed E-state index contributed by atoms with van der Waals surface area (Å²) in [7, 11) is 0. The summed E-state index contributed by atoms with van der Waals surface area (Å²) >= 11 is 3.59. The number of nitrogens with one attached hydrogen (secondary N) is 1. The van der Waals surface area contributed by atoms with Gasteiger partial charge in [-0.25, -0.2) is 0 Å². The maximum atomic E-state index is 5.78. The normalized spacial score (nSPS) is 10.2. The van der Waals surface area contributed by atoms with Crippen LogP contribution in [0.3, 0.4) is 0 Å². The van der Waals surface area contributed by atoms with E-state index in [-0.39, 0.29) is 0 Å². The first kappa shape index (κ1) is 15.7. The Kier molecular flexibility index (Phi) is 5.93. The third-order valence-electron chi connectivity index (χ3n) is 3.02. The Balaban J connectivity index is 1.86. The fraction of sp³-hybridized carbons (Fsp3) is 0.294. The molecule has 3 nitrogen and oxygen atoms in total. The molecule has 2 rings (SSSR count). The van der Waals surface area contributed by atoms with Gasteiger partial charge in [0.05, 0.1) is 6.61 Å². The van der Waals surface area contributed by atoms with Crippen molar-refractivity contribution in [3.05, 3.63) is 52.5 Å². The molecule has 0 unspecified atom stereocenters. The first-order chi connectivity index (χ1) is 10.2. The molecule has 0 bridgehead atoms. The van der Waals surface area contributed by atoms with Gasteiger partial charge in [-0.3, -0.25) is 0 Å². The SMILES string of the molecule is CCOc1ccccc1OCCNc1cccc(C)c1Br. The van der Waals surface area contributed by atoms with Crippen LogP contribution < -0.4 is 14.8 Å². The molecular weight excluding hydrogens is 330 g/mol. The van der Waals surface area contributed by atoms with Crippen molar-refractivity contribution in [1.82, 2.24) is 0 Å². The van der Waals surface area contributed by atoms with Gasteiger partial charge in [-0.05, 0) is 53.5 Å². The second kappa shape index (κ2) is 7.93. The summed E-state index contributed by atoms with van der Waals surface area (Å²) in [4.78, 5) is 0. The lowest BCUT2D eigenvalue weighted by Gasteiger charge is -2.13. The van der Waals surface area contributed by atoms with Gasteiger partial charge in [0.2, 0.25) is 0 Å². The fourth-order valence-corrected chi connectivity index (χ4v) is 2.38. The average Bonchev–Trinajstić information content (AvgIpc) is 2.49. The number of anilines is 1. The quantitative estimate of drug-likeness (QED) is 0.738. The van der Waals surface area contributed by atoms with E-state index >= 15 is 0 Å². The lowest BCUT2D eigenvalue weighted by molar-refractivity contribution is 0.284. The number of halogens is 1. The predicted octanol–water partition coefficient (Wildman–Crippen LogP) is 4.65. The molecule has 2 aromatic carbocycles. The molecule has 0 aliphatic heterocycles. The van der Waals surface area contributed by atoms with Gasteiger partial charge in [-0.2, -0.15) is 0 Å². The van der Waals surface area contributed by atoms with Crippen molar-refractivity contribution >= 4 is 21.6 Å². The van der Waals surface area contributed by atoms with Crippen LogP contribution in [0.2, 0.25) is 0 Å². The number of benzene rings is 2. The number of aryl methyl sites for hydroxylation is 1. The molecule has 4 heteroatoms. The van der Waals surface area contributed by atoms with Crippen LogP contribution in [-0.4, -0.2) is 19.8 Å². The molecule has 112 valence electrons. The minimum Gasteiger partial charge on any atom is -0.490 e. The van der Waals surface area contributed by atoms with Crippen molar-refractivity contribution in [2.75, 3.05) is 25.1 Å². The summed E-state index contributed by atoms with van der Waals surface area (Å²) in [6.07, 6.45) is 0. The molecule has 0 spiro atoms. The van der Waals surface area contributed by atoms with Gasteiger partial charge in [0, 0.05) is 16.7 Å². The minimum absolute atomic E-state index is 0.574. The lowest BCUT2D eigenvalue weighted by atomic mass is 10.2. The highest BCUT2D eigenvalue weighted by atomic mass is 79.9. The molecule has 0 aromatic heterocycles. The summed E-state index contributed by atoms with van der Waals surface area (Å²) in [5.41, 5.74) is 2.29. The molecule has 0 aliphatic carbocycles. The zero-order chi connectivity index (χ0) is 15.1. The first-order valence-corrected chi connectivity index (χ1v) is 7.85. The minimum atomic E-state index is 0.574. The summed E-state index contributed by atoms with van der Waals surface area (Å²) in [6, 6.07) is 13.9. The van der Waals surface area contributed by atoms with E-state index in [1.807, 2.05) is 43.3 Å². The third kappa shape index (κ3) is 4.39. The smallest absolute Gasteiger partial charge is 0.161 e. The van der Waals surface area contributed by atoms with E-state index in [0.717, 1.165) is 28.2 Å². The first-order valence-electron chi connectivity index (χ1n) is 7.06. The molecule has 0 atom stereocenters. The maximum Gasteiger partial charge on any atom is 0.161 e. The number of ether oxygens (including phenoxy) is 2. The summed E-state index contributed by atoms with van der Waals surface area (Å²) < 4.78 is 12.4. The van der Waals surface area contributed by atoms with Crippen molar-refractivity contribution in [1.29, 1.82) is 0 Å². The van der Waals surface area contributed by atoms with Gasteiger partial charge in [0.1, 0.15) is 6.61 Å². The summed E-state index contributed by atoms with van der Waals surface area (Å²) in [5.74, 6) is 1.57. The van der Waals surface area contributed by atoms with Gasteiger partial charge >= 0.3 is 0 Å². The molecule has 0 amide bonds. The van der Waals surface area contributed by atoms with Crippen molar-refractivity contribution in [2.45, 2.75) is 13.8 Å². The molecule has 0 aliphatic rings. The van der Waals surface area contributed by atoms with Crippen LogP contribution in [0.1, 0.15) is 12.5 Å². The number of hydrogen-bond donors (Lipinski definition) is 1. The topological polar surface area (TPSA) is 30.5 Å². The standard InChI is InChI=1S/C17H20BrNO2/c1-3-20-15-9-4-5-10-16(15)21-12-11-19-14-8-6-7-13(2)17(14)18/h4-10,19H,3,11-12H2,1-2H3. The van der Waals surface area contributed by atoms with Crippen LogP contribution in [0.5, 0.6) is 11.5 Å². The Hall–Kier alpha value is -1.68. The molecule has 0 fully saturated rings. The highest BCUT2D eigenvalue weighted by Crippen LogP contribution is 2.27. The van der Waals surface area contributed by atoms with Crippen LogP contribution in [-0.2, 0) is 0 Å². The Morgan fingerprint density at radius 2 is 1.71 bits per heavy atom. The van der Waals surface area contributed by atoms with Gasteiger partial charge in [-0.15, -0.1) is 0 Å². The van der Waals surface area contributed by atoms with E-state index in [9.17, 15) is 0 Å². The molecule has 0 saturated carbocycles. The fourth-order valence-electron chi connectivity index (χ4n) is 1.97. The predicted molar refractivity (Wildman–Crippen MR) is 90.5 cm³/mol. The molecule has 0 saturated heterocycles. The van der Waals surface area contributed by atoms with Crippen molar-refractivity contribution in [3.8, 4) is 11.5 Å². The van der Waals surface area contributed by atoms with Crippen LogP contribution in [0.25, 0.3) is 0 Å². The lowest BCUT2D eigenvalue weighted by Crippen LogP contribution is -2.12. The van der Waals surface area contributed by atoms with Crippen LogP contribution in [0.15, 0.2) is 46.9 Å². The number of rotatable bonds is 7. The van der Waals surface area contributed by atoms with Crippen molar-refractivity contribution < 1.29 is 9.47 Å². The molecular formula is C17H20BrNO2. The highest BCUT2D eigenvalue weighted by Gasteiger charge is 2.04. The maximum absolute atomic E-state index is 5.78. The van der Waals surface area contributed by atoms with Crippen molar-refractivity contribution in [2.24, 2.45) is 0 Å². The Morgan fingerprint density at radius 1 is 1.00 bits per heavy atom. The van der Waals surface area contributed by atoms with Crippen LogP contribution in [0.4, 0.5) is 5.69 Å². The average molecular weight is 350 g/mol. The Morgan fingerprint density at radius 3 is 2.43 bits per heavy atom. The molecule has 21 heavy (non-hydrogen) atoms. The van der Waals surface area contributed by atoms with Crippen molar-refractivity contribution in [3.63, 3.8) is 0 Å². The second-order valence-corrected chi connectivity index (χ2v) is 5.38. The molecule has 0 heterocycles. The van der Waals surface area contributed by atoms with Gasteiger partial charge in [-0.1, -0.05) is 24.3 Å². The van der Waals surface area contributed by atoms with Gasteiger partial charge in [0.15, 0.2) is 11.5 Å². The van der Waals surface area contributed by atoms with Crippen LogP contribution >= 0.6 is 15.9 Å². The number of hydrogen-bond acceptors (Lipinski definition) is 3. The highest BCUT2D eigenvalue weighted by molar-refractivity contribution is 9.10. The molecule has 2 aromatic rings. The van der Waals surface area contributed by atoms with Gasteiger partial charge < -0.3 is 14.8 Å². The molecule has 0 radical (unpaired) electrons. The summed E-state index contributed by atoms with van der Waals surface area (Å²) in [5, 5.41) is 3.36. The van der Waals surface area contributed by atoms with E-state index in [4.69, 9.17) is 9.47 Å². The summed E-state index contributed by atoms with van der Waals surface area (Å²) in [6.45, 7) is 5.97. The van der Waals surface area contributed by atoms with E-state index in [1.54, 1.807) is 0 Å². The zero-order valence-electron chi connectivity index (χ0n) is 12.4.